The van der Waals surface area contributed by atoms with Gasteiger partial charge in [-0.3, -0.25) is 19.1 Å². The first-order chi connectivity index (χ1) is 22.6. The van der Waals surface area contributed by atoms with Crippen LogP contribution in [0.15, 0.2) is 57.8 Å². The number of carboxylic acids is 1. The molecular weight excluding hydrogens is 674 g/mol. The quantitative estimate of drug-likeness (QED) is 0.0545. The minimum atomic E-state index is -5.02. The number of allylic oxidation sites excluding steroid dienone is 1. The molecule has 0 unspecified atom stereocenters. The van der Waals surface area contributed by atoms with Crippen molar-refractivity contribution in [3.8, 4) is 5.75 Å². The van der Waals surface area contributed by atoms with Crippen LogP contribution in [0.3, 0.4) is 0 Å². The molecule has 1 fully saturated rings. The summed E-state index contributed by atoms with van der Waals surface area (Å²) in [5, 5.41) is 24.4. The van der Waals surface area contributed by atoms with E-state index in [9.17, 15) is 27.9 Å². The van der Waals surface area contributed by atoms with E-state index in [1.54, 1.807) is 56.7 Å². The number of hydrogen-bond acceptors (Lipinski definition) is 16. The summed E-state index contributed by atoms with van der Waals surface area (Å²) in [6.07, 6.45) is 1.65. The van der Waals surface area contributed by atoms with E-state index in [2.05, 4.69) is 40.4 Å². The largest absolute Gasteiger partial charge is 0.489 e. The zero-order valence-corrected chi connectivity index (χ0v) is 27.4. The second-order valence-corrected chi connectivity index (χ2v) is 12.3. The fourth-order valence-corrected chi connectivity index (χ4v) is 5.19. The van der Waals surface area contributed by atoms with E-state index in [4.69, 9.17) is 19.9 Å². The number of pyridine rings is 1. The number of nitrogens with zero attached hydrogens (tertiary/aromatic N) is 5. The van der Waals surface area contributed by atoms with Crippen LogP contribution < -0.4 is 26.4 Å². The predicted molar refractivity (Wildman–Crippen MR) is 173 cm³/mol. The minimum Gasteiger partial charge on any atom is -0.489 e. The van der Waals surface area contributed by atoms with Gasteiger partial charge in [0.2, 0.25) is 0 Å². The van der Waals surface area contributed by atoms with Gasteiger partial charge in [0.15, 0.2) is 10.8 Å². The molecule has 21 heteroatoms. The fraction of sp³-hybridized carbons (Fsp3) is 0.296. The first-order valence-electron chi connectivity index (χ1n) is 13.7. The number of hydroxylamine groups is 2. The highest BCUT2D eigenvalue weighted by Crippen LogP contribution is 2.33. The first kappa shape index (κ1) is 35.5. The molecular formula is C27H31N9O10S2. The van der Waals surface area contributed by atoms with Crippen molar-refractivity contribution in [1.29, 1.82) is 0 Å². The maximum Gasteiger partial charge on any atom is 0.418 e. The number of oxime groups is 1. The molecule has 0 radical (unpaired) electrons. The number of nitrogens with two attached hydrogens (primary N) is 1. The number of ether oxygens (including phenoxy) is 1. The van der Waals surface area contributed by atoms with Crippen molar-refractivity contribution in [1.82, 2.24) is 25.7 Å². The molecule has 2 atom stereocenters. The number of aliphatic imine (C=N–C) groups is 1. The number of thiazole rings is 1. The number of nitrogen functional groups attached to an aromatic ring is 1. The molecule has 7 N–H and O–H groups in total. The van der Waals surface area contributed by atoms with E-state index in [1.165, 1.54) is 19.2 Å². The zero-order valence-electron chi connectivity index (χ0n) is 25.8. The molecule has 3 heterocycles. The third-order valence-electron chi connectivity index (χ3n) is 6.63. The number of aromatic nitrogens is 2. The van der Waals surface area contributed by atoms with Gasteiger partial charge in [-0.15, -0.1) is 15.6 Å². The molecule has 0 spiro atoms. The molecule has 1 saturated heterocycles. The Morgan fingerprint density at radius 2 is 2.00 bits per heavy atom. The van der Waals surface area contributed by atoms with E-state index in [0.717, 1.165) is 11.3 Å². The summed E-state index contributed by atoms with van der Waals surface area (Å²) < 4.78 is 41.1. The maximum atomic E-state index is 13.2. The lowest BCUT2D eigenvalue weighted by molar-refractivity contribution is -0.218. The van der Waals surface area contributed by atoms with Gasteiger partial charge in [-0.2, -0.15) is 13.5 Å². The van der Waals surface area contributed by atoms with Gasteiger partial charge in [0, 0.05) is 31.1 Å². The Kier molecular flexibility index (Phi) is 10.8. The van der Waals surface area contributed by atoms with Crippen molar-refractivity contribution in [3.05, 3.63) is 53.3 Å². The highest BCUT2D eigenvalue weighted by Gasteiger charge is 2.58. The van der Waals surface area contributed by atoms with Crippen molar-refractivity contribution in [3.63, 3.8) is 0 Å². The molecule has 0 bridgehead atoms. The lowest BCUT2D eigenvalue weighted by atomic mass is 9.84. The fourth-order valence-electron chi connectivity index (χ4n) is 4.19. The molecule has 256 valence electrons. The maximum absolute atomic E-state index is 13.2. The predicted octanol–water partition coefficient (Wildman–Crippen LogP) is 0.540. The minimum absolute atomic E-state index is 0.0509. The van der Waals surface area contributed by atoms with Crippen molar-refractivity contribution < 1.29 is 46.3 Å². The number of carbonyl (C=O) groups excluding carboxylic acids is 2. The van der Waals surface area contributed by atoms with Crippen LogP contribution in [0.4, 0.5) is 10.9 Å². The van der Waals surface area contributed by atoms with Crippen LogP contribution in [-0.4, -0.2) is 101 Å². The Labute approximate surface area is 277 Å². The SMILES string of the molecule is CN=C/C=C(\NC)Nc1ccc2cc(OC[C@H](O/N=C(\C(=O)N[C@@H]3C(=O)N(OS(=O)(=O)O)C3(C)C)c3csc(N)n3)C(=O)O)ccc2n1. The van der Waals surface area contributed by atoms with Gasteiger partial charge in [-0.1, -0.05) is 5.16 Å². The number of carboxylic acid groups (broad SMARTS) is 1. The second-order valence-electron chi connectivity index (χ2n) is 10.4. The van der Waals surface area contributed by atoms with E-state index in [0.29, 0.717) is 33.4 Å². The van der Waals surface area contributed by atoms with Crippen molar-refractivity contribution >= 4 is 73.3 Å². The van der Waals surface area contributed by atoms with Crippen molar-refractivity contribution in [2.75, 3.05) is 31.8 Å². The highest BCUT2D eigenvalue weighted by atomic mass is 32.3. The number of anilines is 2. The van der Waals surface area contributed by atoms with Gasteiger partial charge in [-0.05, 0) is 50.3 Å². The van der Waals surface area contributed by atoms with Crippen molar-refractivity contribution in [2.24, 2.45) is 10.1 Å². The molecule has 3 aromatic rings. The molecule has 19 nitrogen and oxygen atoms in total. The first-order valence-corrected chi connectivity index (χ1v) is 16.0. The summed E-state index contributed by atoms with van der Waals surface area (Å²) in [6, 6.07) is 7.12. The lowest BCUT2D eigenvalue weighted by Gasteiger charge is -2.50. The summed E-state index contributed by atoms with van der Waals surface area (Å²) in [5.74, 6) is -1.97. The van der Waals surface area contributed by atoms with Gasteiger partial charge >= 0.3 is 16.4 Å². The lowest BCUT2D eigenvalue weighted by Crippen LogP contribution is -2.76. The van der Waals surface area contributed by atoms with Crippen LogP contribution in [0.2, 0.25) is 0 Å². The van der Waals surface area contributed by atoms with Gasteiger partial charge in [0.1, 0.15) is 35.7 Å². The third kappa shape index (κ3) is 8.50. The molecule has 0 aliphatic carbocycles. The number of rotatable bonds is 15. The van der Waals surface area contributed by atoms with Crippen LogP contribution >= 0.6 is 11.3 Å². The van der Waals surface area contributed by atoms with Gasteiger partial charge in [0.05, 0.1) is 11.1 Å². The number of amides is 2. The number of benzene rings is 1. The van der Waals surface area contributed by atoms with E-state index >= 15 is 0 Å². The second kappa shape index (κ2) is 14.6. The Morgan fingerprint density at radius 3 is 2.60 bits per heavy atom. The van der Waals surface area contributed by atoms with Gasteiger partial charge < -0.3 is 36.4 Å². The molecule has 1 aliphatic heterocycles. The summed E-state index contributed by atoms with van der Waals surface area (Å²) in [7, 11) is -1.63. The normalized spacial score (nSPS) is 17.1. The number of β-lactam (4-membered cyclic amide) rings is 1. The summed E-state index contributed by atoms with van der Waals surface area (Å²) in [6.45, 7) is 2.18. The Balaban J connectivity index is 1.47. The average Bonchev–Trinajstić information content (AvgIpc) is 3.46. The molecule has 4 rings (SSSR count). The van der Waals surface area contributed by atoms with Crippen LogP contribution in [-0.2, 0) is 33.9 Å². The van der Waals surface area contributed by atoms with Gasteiger partial charge in [-0.25, -0.2) is 14.8 Å². The number of aliphatic carboxylic acids is 1. The Morgan fingerprint density at radius 1 is 1.25 bits per heavy atom. The van der Waals surface area contributed by atoms with Crippen LogP contribution in [0.1, 0.15) is 19.5 Å². The topological polar surface area (TPSA) is 269 Å². The molecule has 2 aromatic heterocycles. The van der Waals surface area contributed by atoms with Gasteiger partial charge in [0.25, 0.3) is 17.9 Å². The van der Waals surface area contributed by atoms with Crippen LogP contribution in [0.5, 0.6) is 5.75 Å². The van der Waals surface area contributed by atoms with Crippen molar-refractivity contribution in [2.45, 2.75) is 31.5 Å². The standard InChI is InChI=1S/C27H31N9O10S2/c1-27(2)22(24(38)36(27)46-48(41,42)43)34-23(37)21(17-13-47-26(28)32-17)35-45-18(25(39)40)12-44-15-6-7-16-14(11-15)5-8-20(31-16)33-19(30-4)9-10-29-3/h5-11,13,18,22,30H,12H2,1-4H3,(H2,28,32)(H,31,33)(H,34,37)(H,39,40)(H,41,42,43)/b19-9+,29-10?,35-21-/t18-,22+/m0/s1. The average molecular weight is 706 g/mol. The number of nitrogens with one attached hydrogen (secondary N) is 3. The molecule has 2 amide bonds. The van der Waals surface area contributed by atoms with Crippen LogP contribution in [0.25, 0.3) is 10.9 Å². The Hall–Kier alpha value is -5.38. The molecule has 48 heavy (non-hydrogen) atoms. The third-order valence-corrected chi connectivity index (χ3v) is 7.64. The van der Waals surface area contributed by atoms with Crippen LogP contribution in [0, 0.1) is 0 Å². The molecule has 1 aromatic carbocycles. The van der Waals surface area contributed by atoms with E-state index in [1.807, 2.05) is 0 Å². The molecule has 0 saturated carbocycles. The zero-order chi connectivity index (χ0) is 35.2. The summed E-state index contributed by atoms with van der Waals surface area (Å²) in [5.41, 5.74) is 4.26. The number of carbonyl (C=O) groups is 3. The highest BCUT2D eigenvalue weighted by molar-refractivity contribution is 7.80. The Bertz CT molecular complexity index is 1910. The van der Waals surface area contributed by atoms with E-state index < -0.39 is 58.2 Å². The number of hydrogen-bond donors (Lipinski definition) is 6. The monoisotopic (exact) mass is 705 g/mol. The molecule has 1 aliphatic rings. The summed E-state index contributed by atoms with van der Waals surface area (Å²) in [4.78, 5) is 55.4. The van der Waals surface area contributed by atoms with E-state index in [-0.39, 0.29) is 10.8 Å². The number of fused-ring (bicyclic) bond motifs is 1. The summed E-state index contributed by atoms with van der Waals surface area (Å²) >= 11 is 0.952. The smallest absolute Gasteiger partial charge is 0.418 e.